The van der Waals surface area contributed by atoms with Gasteiger partial charge in [0.05, 0.1) is 0 Å². The first kappa shape index (κ1) is 13.9. The smallest absolute Gasteiger partial charge is 0.0449 e. The second-order valence-electron chi connectivity index (χ2n) is 4.36. The highest BCUT2D eigenvalue weighted by Gasteiger charge is 2.17. The van der Waals surface area contributed by atoms with Crippen LogP contribution in [0.25, 0.3) is 0 Å². The Hall–Kier alpha value is -1.12. The third-order valence-corrected chi connectivity index (χ3v) is 3.26. The fourth-order valence-electron chi connectivity index (χ4n) is 2.04. The van der Waals surface area contributed by atoms with Crippen molar-refractivity contribution in [2.45, 2.75) is 32.4 Å². The second-order valence-corrected chi connectivity index (χ2v) is 4.36. The molecule has 0 aliphatic heterocycles. The number of aliphatic hydroxyl groups excluding tert-OH is 1. The van der Waals surface area contributed by atoms with Gasteiger partial charge < -0.3 is 5.11 Å². The Morgan fingerprint density at radius 3 is 2.47 bits per heavy atom. The van der Waals surface area contributed by atoms with E-state index in [4.69, 9.17) is 5.11 Å². The van der Waals surface area contributed by atoms with Gasteiger partial charge in [0.25, 0.3) is 0 Å². The normalized spacial score (nSPS) is 15.4. The largest absolute Gasteiger partial charge is 0.396 e. The van der Waals surface area contributed by atoms with E-state index < -0.39 is 0 Å². The average molecular weight is 233 g/mol. The zero-order valence-corrected chi connectivity index (χ0v) is 11.0. The van der Waals surface area contributed by atoms with Gasteiger partial charge in [0.1, 0.15) is 0 Å². The molecule has 1 aromatic rings. The van der Waals surface area contributed by atoms with Crippen LogP contribution in [-0.4, -0.2) is 29.7 Å². The van der Waals surface area contributed by atoms with Crippen LogP contribution in [0.3, 0.4) is 0 Å². The monoisotopic (exact) mass is 233 g/mol. The Balaban J connectivity index is 2.76. The summed E-state index contributed by atoms with van der Waals surface area (Å²) in [6.45, 7) is 4.44. The van der Waals surface area contributed by atoms with Crippen LogP contribution in [0, 0.1) is 0 Å². The SMILES string of the molecule is C/C=C/[C@H](CCO)N(C)[C@H](C)c1ccccc1. The van der Waals surface area contributed by atoms with Gasteiger partial charge in [-0.2, -0.15) is 0 Å². The Morgan fingerprint density at radius 2 is 1.94 bits per heavy atom. The van der Waals surface area contributed by atoms with Gasteiger partial charge in [-0.1, -0.05) is 42.5 Å². The van der Waals surface area contributed by atoms with Crippen LogP contribution in [0.15, 0.2) is 42.5 Å². The van der Waals surface area contributed by atoms with Crippen LogP contribution in [-0.2, 0) is 0 Å². The van der Waals surface area contributed by atoms with E-state index in [9.17, 15) is 0 Å². The Kier molecular flexibility index (Phi) is 5.95. The van der Waals surface area contributed by atoms with Crippen LogP contribution >= 0.6 is 0 Å². The summed E-state index contributed by atoms with van der Waals surface area (Å²) >= 11 is 0. The molecule has 0 radical (unpaired) electrons. The standard InChI is InChI=1S/C15H23NO/c1-4-8-15(11-12-17)16(3)13(2)14-9-6-5-7-10-14/h4-10,13,15,17H,11-12H2,1-3H3/b8-4+/t13-,15-/m1/s1. The number of likely N-dealkylation sites (N-methyl/N-ethyl adjacent to an activating group) is 1. The fourth-order valence-corrected chi connectivity index (χ4v) is 2.04. The summed E-state index contributed by atoms with van der Waals surface area (Å²) < 4.78 is 0. The molecule has 1 N–H and O–H groups in total. The van der Waals surface area contributed by atoms with Crippen LogP contribution in [0.1, 0.15) is 31.9 Å². The maximum atomic E-state index is 9.10. The molecule has 0 bridgehead atoms. The van der Waals surface area contributed by atoms with Crippen LogP contribution in [0.2, 0.25) is 0 Å². The van der Waals surface area contributed by atoms with Gasteiger partial charge in [-0.25, -0.2) is 0 Å². The van der Waals surface area contributed by atoms with Crippen molar-refractivity contribution in [1.82, 2.24) is 4.90 Å². The molecule has 0 spiro atoms. The number of aliphatic hydroxyl groups is 1. The van der Waals surface area contributed by atoms with E-state index in [1.54, 1.807) is 0 Å². The van der Waals surface area contributed by atoms with Crippen LogP contribution < -0.4 is 0 Å². The van der Waals surface area contributed by atoms with Crippen molar-refractivity contribution in [3.63, 3.8) is 0 Å². The number of benzene rings is 1. The van der Waals surface area contributed by atoms with Gasteiger partial charge in [-0.15, -0.1) is 0 Å². The lowest BCUT2D eigenvalue weighted by Crippen LogP contribution is -2.33. The fraction of sp³-hybridized carbons (Fsp3) is 0.467. The first-order valence-corrected chi connectivity index (χ1v) is 6.21. The van der Waals surface area contributed by atoms with Crippen LogP contribution in [0.5, 0.6) is 0 Å². The van der Waals surface area contributed by atoms with Crippen molar-refractivity contribution in [2.75, 3.05) is 13.7 Å². The molecule has 0 saturated carbocycles. The zero-order chi connectivity index (χ0) is 12.7. The minimum Gasteiger partial charge on any atom is -0.396 e. The molecule has 0 aliphatic carbocycles. The van der Waals surface area contributed by atoms with E-state index in [-0.39, 0.29) is 6.61 Å². The summed E-state index contributed by atoms with van der Waals surface area (Å²) in [4.78, 5) is 2.30. The number of rotatable bonds is 6. The molecule has 0 fully saturated rings. The highest BCUT2D eigenvalue weighted by Crippen LogP contribution is 2.22. The van der Waals surface area contributed by atoms with Crippen molar-refractivity contribution in [1.29, 1.82) is 0 Å². The quantitative estimate of drug-likeness (QED) is 0.763. The Morgan fingerprint density at radius 1 is 1.29 bits per heavy atom. The van der Waals surface area contributed by atoms with Crippen molar-refractivity contribution in [3.8, 4) is 0 Å². The zero-order valence-electron chi connectivity index (χ0n) is 11.0. The maximum Gasteiger partial charge on any atom is 0.0449 e. The molecule has 0 aromatic heterocycles. The maximum absolute atomic E-state index is 9.10. The number of hydrogen-bond acceptors (Lipinski definition) is 2. The number of nitrogens with zero attached hydrogens (tertiary/aromatic N) is 1. The predicted octanol–water partition coefficient (Wildman–Crippen LogP) is 3.01. The first-order valence-electron chi connectivity index (χ1n) is 6.21. The summed E-state index contributed by atoms with van der Waals surface area (Å²) in [6.07, 6.45) is 4.97. The Bertz CT molecular complexity index is 334. The molecule has 1 aromatic carbocycles. The lowest BCUT2D eigenvalue weighted by Gasteiger charge is -2.31. The average Bonchev–Trinajstić information content (AvgIpc) is 2.38. The minimum absolute atomic E-state index is 0.223. The third-order valence-electron chi connectivity index (χ3n) is 3.26. The van der Waals surface area contributed by atoms with Gasteiger partial charge in [-0.05, 0) is 32.9 Å². The van der Waals surface area contributed by atoms with Gasteiger partial charge >= 0.3 is 0 Å². The molecule has 2 heteroatoms. The summed E-state index contributed by atoms with van der Waals surface area (Å²) in [5.74, 6) is 0. The van der Waals surface area contributed by atoms with Gasteiger partial charge in [0, 0.05) is 18.7 Å². The molecule has 17 heavy (non-hydrogen) atoms. The lowest BCUT2D eigenvalue weighted by molar-refractivity contribution is 0.176. The molecule has 0 heterocycles. The molecule has 2 nitrogen and oxygen atoms in total. The topological polar surface area (TPSA) is 23.5 Å². The minimum atomic E-state index is 0.223. The summed E-state index contributed by atoms with van der Waals surface area (Å²) in [5.41, 5.74) is 1.31. The van der Waals surface area contributed by atoms with Crippen molar-refractivity contribution in [3.05, 3.63) is 48.0 Å². The van der Waals surface area contributed by atoms with E-state index in [1.807, 2.05) is 13.0 Å². The molecule has 0 aliphatic rings. The van der Waals surface area contributed by atoms with Gasteiger partial charge in [0.2, 0.25) is 0 Å². The number of hydrogen-bond donors (Lipinski definition) is 1. The number of allylic oxidation sites excluding steroid dienone is 1. The van der Waals surface area contributed by atoms with E-state index in [0.717, 1.165) is 6.42 Å². The van der Waals surface area contributed by atoms with E-state index >= 15 is 0 Å². The van der Waals surface area contributed by atoms with E-state index in [2.05, 4.69) is 55.3 Å². The van der Waals surface area contributed by atoms with E-state index in [0.29, 0.717) is 12.1 Å². The molecule has 1 rings (SSSR count). The third kappa shape index (κ3) is 3.99. The van der Waals surface area contributed by atoms with Crippen molar-refractivity contribution in [2.24, 2.45) is 0 Å². The van der Waals surface area contributed by atoms with Crippen molar-refractivity contribution < 1.29 is 5.11 Å². The van der Waals surface area contributed by atoms with E-state index in [1.165, 1.54) is 5.56 Å². The van der Waals surface area contributed by atoms with Crippen molar-refractivity contribution >= 4 is 0 Å². The first-order chi connectivity index (χ1) is 8.20. The molecule has 2 atom stereocenters. The summed E-state index contributed by atoms with van der Waals surface area (Å²) in [7, 11) is 2.11. The highest BCUT2D eigenvalue weighted by molar-refractivity contribution is 5.18. The van der Waals surface area contributed by atoms with Crippen LogP contribution in [0.4, 0.5) is 0 Å². The highest BCUT2D eigenvalue weighted by atomic mass is 16.3. The summed E-state index contributed by atoms with van der Waals surface area (Å²) in [6, 6.07) is 11.1. The Labute approximate surface area is 105 Å². The second kappa shape index (κ2) is 7.25. The lowest BCUT2D eigenvalue weighted by atomic mass is 10.0. The molecule has 0 unspecified atom stereocenters. The molecule has 0 saturated heterocycles. The van der Waals surface area contributed by atoms with Gasteiger partial charge in [-0.3, -0.25) is 4.90 Å². The molecule has 0 amide bonds. The summed E-state index contributed by atoms with van der Waals surface area (Å²) in [5, 5.41) is 9.10. The molecular formula is C15H23NO. The molecule has 94 valence electrons. The van der Waals surface area contributed by atoms with Gasteiger partial charge in [0.15, 0.2) is 0 Å². The predicted molar refractivity (Wildman–Crippen MR) is 72.9 cm³/mol. The molecular weight excluding hydrogens is 210 g/mol.